The summed E-state index contributed by atoms with van der Waals surface area (Å²) < 4.78 is 0. The average Bonchev–Trinajstić information content (AvgIpc) is 2.45. The number of carbonyl (C=O) groups excluding carboxylic acids is 1. The monoisotopic (exact) mass is 277 g/mol. The lowest BCUT2D eigenvalue weighted by atomic mass is 9.86. The van der Waals surface area contributed by atoms with E-state index in [4.69, 9.17) is 0 Å². The molecule has 2 nitrogen and oxygen atoms in total. The maximum absolute atomic E-state index is 12.3. The Morgan fingerprint density at radius 1 is 1.10 bits per heavy atom. The summed E-state index contributed by atoms with van der Waals surface area (Å²) in [6.45, 7) is 6.06. The van der Waals surface area contributed by atoms with E-state index in [2.05, 4.69) is 18.2 Å². The molecule has 0 heterocycles. The summed E-state index contributed by atoms with van der Waals surface area (Å²) in [6.07, 6.45) is 0.227. The normalized spacial score (nSPS) is 11.7. The Kier molecular flexibility index (Phi) is 4.55. The molecule has 0 saturated heterocycles. The number of carbonyl (C=O) groups is 1. The van der Waals surface area contributed by atoms with Crippen molar-refractivity contribution in [2.45, 2.75) is 33.1 Å². The fraction of sp³-hybridized carbons (Fsp3) is 0.263. The number of hydrogen-bond acceptors (Lipinski definition) is 2. The summed E-state index contributed by atoms with van der Waals surface area (Å²) in [4.78, 5) is 12.3. The van der Waals surface area contributed by atoms with Crippen LogP contribution in [0.4, 0.5) is 0 Å². The number of ketones is 1. The second-order valence-corrected chi connectivity index (χ2v) is 5.49. The maximum atomic E-state index is 12.3. The number of aryl methyl sites for hydroxylation is 3. The van der Waals surface area contributed by atoms with E-state index in [1.165, 1.54) is 5.56 Å². The van der Waals surface area contributed by atoms with Crippen LogP contribution in [-0.4, -0.2) is 5.78 Å². The Balaban J connectivity index is 2.30. The van der Waals surface area contributed by atoms with Crippen LogP contribution in [-0.2, 0) is 0 Å². The van der Waals surface area contributed by atoms with Gasteiger partial charge in [0.25, 0.3) is 0 Å². The summed E-state index contributed by atoms with van der Waals surface area (Å²) in [5, 5.41) is 9.49. The van der Waals surface area contributed by atoms with Crippen molar-refractivity contribution in [2.75, 3.05) is 0 Å². The van der Waals surface area contributed by atoms with Gasteiger partial charge < -0.3 is 0 Å². The Morgan fingerprint density at radius 2 is 1.67 bits per heavy atom. The van der Waals surface area contributed by atoms with Crippen molar-refractivity contribution in [1.82, 2.24) is 0 Å². The summed E-state index contributed by atoms with van der Waals surface area (Å²) in [7, 11) is 0. The summed E-state index contributed by atoms with van der Waals surface area (Å²) in [6, 6.07) is 15.6. The second-order valence-electron chi connectivity index (χ2n) is 5.49. The minimum absolute atomic E-state index is 0.0153. The van der Waals surface area contributed by atoms with Crippen molar-refractivity contribution >= 4 is 5.78 Å². The van der Waals surface area contributed by atoms with Crippen LogP contribution < -0.4 is 0 Å². The standard InChI is InChI=1S/C19H19NO/c1-13-9-14(2)19(15(3)10-13)17(12-20)11-18(21)16-7-5-4-6-8-16/h4-10,17H,11H2,1-3H3. The largest absolute Gasteiger partial charge is 0.294 e. The van der Waals surface area contributed by atoms with Crippen LogP contribution in [0.5, 0.6) is 0 Å². The van der Waals surface area contributed by atoms with Gasteiger partial charge in [-0.3, -0.25) is 4.79 Å². The van der Waals surface area contributed by atoms with Gasteiger partial charge in [0.15, 0.2) is 5.78 Å². The zero-order chi connectivity index (χ0) is 15.4. The third-order valence-electron chi connectivity index (χ3n) is 3.73. The van der Waals surface area contributed by atoms with E-state index in [1.807, 2.05) is 39.0 Å². The van der Waals surface area contributed by atoms with Gasteiger partial charge in [0.1, 0.15) is 0 Å². The molecule has 0 fully saturated rings. The van der Waals surface area contributed by atoms with Crippen molar-refractivity contribution < 1.29 is 4.79 Å². The lowest BCUT2D eigenvalue weighted by Gasteiger charge is -2.16. The van der Waals surface area contributed by atoms with E-state index in [1.54, 1.807) is 12.1 Å². The zero-order valence-corrected chi connectivity index (χ0v) is 12.7. The molecule has 1 atom stereocenters. The molecule has 0 N–H and O–H groups in total. The first kappa shape index (κ1) is 15.0. The first-order valence-corrected chi connectivity index (χ1v) is 7.08. The number of benzene rings is 2. The smallest absolute Gasteiger partial charge is 0.164 e. The van der Waals surface area contributed by atoms with E-state index in [9.17, 15) is 10.1 Å². The molecule has 0 saturated carbocycles. The molecule has 0 spiro atoms. The molecule has 2 heteroatoms. The number of nitrogens with zero attached hydrogens (tertiary/aromatic N) is 1. The van der Waals surface area contributed by atoms with Gasteiger partial charge in [0, 0.05) is 12.0 Å². The number of Topliss-reactive ketones (excluding diaryl/α,β-unsaturated/α-hetero) is 1. The predicted octanol–water partition coefficient (Wildman–Crippen LogP) is 4.49. The molecular formula is C19H19NO. The van der Waals surface area contributed by atoms with E-state index >= 15 is 0 Å². The van der Waals surface area contributed by atoms with Crippen molar-refractivity contribution in [3.63, 3.8) is 0 Å². The lowest BCUT2D eigenvalue weighted by molar-refractivity contribution is 0.0979. The average molecular weight is 277 g/mol. The van der Waals surface area contributed by atoms with Crippen LogP contribution in [0.3, 0.4) is 0 Å². The van der Waals surface area contributed by atoms with Crippen LogP contribution in [0, 0.1) is 32.1 Å². The van der Waals surface area contributed by atoms with Crippen LogP contribution in [0.1, 0.15) is 45.0 Å². The van der Waals surface area contributed by atoms with Gasteiger partial charge in [0.05, 0.1) is 12.0 Å². The van der Waals surface area contributed by atoms with Gasteiger partial charge in [-0.1, -0.05) is 48.0 Å². The van der Waals surface area contributed by atoms with Crippen LogP contribution >= 0.6 is 0 Å². The fourth-order valence-electron chi connectivity index (χ4n) is 2.88. The summed E-state index contributed by atoms with van der Waals surface area (Å²) in [5.74, 6) is -0.375. The maximum Gasteiger partial charge on any atom is 0.164 e. The Morgan fingerprint density at radius 3 is 2.19 bits per heavy atom. The molecule has 0 aliphatic heterocycles. The molecule has 2 aromatic rings. The van der Waals surface area contributed by atoms with Crippen LogP contribution in [0.2, 0.25) is 0 Å². The van der Waals surface area contributed by atoms with E-state index in [0.29, 0.717) is 5.56 Å². The van der Waals surface area contributed by atoms with Gasteiger partial charge in [-0.25, -0.2) is 0 Å². The van der Waals surface area contributed by atoms with Crippen LogP contribution in [0.15, 0.2) is 42.5 Å². The van der Waals surface area contributed by atoms with E-state index < -0.39 is 5.92 Å². The molecule has 106 valence electrons. The van der Waals surface area contributed by atoms with Crippen molar-refractivity contribution in [2.24, 2.45) is 0 Å². The highest BCUT2D eigenvalue weighted by molar-refractivity contribution is 5.96. The molecule has 0 aliphatic rings. The van der Waals surface area contributed by atoms with Crippen molar-refractivity contribution in [3.05, 3.63) is 70.3 Å². The second kappa shape index (κ2) is 6.37. The van der Waals surface area contributed by atoms with Gasteiger partial charge in [-0.2, -0.15) is 5.26 Å². The Labute approximate surface area is 126 Å². The highest BCUT2D eigenvalue weighted by atomic mass is 16.1. The molecule has 0 aliphatic carbocycles. The highest BCUT2D eigenvalue weighted by Crippen LogP contribution is 2.28. The first-order valence-electron chi connectivity index (χ1n) is 7.08. The Hall–Kier alpha value is -2.40. The first-order chi connectivity index (χ1) is 10.0. The van der Waals surface area contributed by atoms with Crippen molar-refractivity contribution in [3.8, 4) is 6.07 Å². The molecular weight excluding hydrogens is 258 g/mol. The zero-order valence-electron chi connectivity index (χ0n) is 12.7. The summed E-state index contributed by atoms with van der Waals surface area (Å²) in [5.41, 5.74) is 5.01. The van der Waals surface area contributed by atoms with Gasteiger partial charge in [-0.15, -0.1) is 0 Å². The Bertz CT molecular complexity index is 672. The van der Waals surface area contributed by atoms with Crippen molar-refractivity contribution in [1.29, 1.82) is 5.26 Å². The number of hydrogen-bond donors (Lipinski definition) is 0. The fourth-order valence-corrected chi connectivity index (χ4v) is 2.88. The topological polar surface area (TPSA) is 40.9 Å². The van der Waals surface area contributed by atoms with Gasteiger partial charge in [-0.05, 0) is 37.5 Å². The minimum Gasteiger partial charge on any atom is -0.294 e. The molecule has 2 rings (SSSR count). The number of nitriles is 1. The molecule has 0 radical (unpaired) electrons. The highest BCUT2D eigenvalue weighted by Gasteiger charge is 2.20. The predicted molar refractivity (Wildman–Crippen MR) is 84.4 cm³/mol. The van der Waals surface area contributed by atoms with Gasteiger partial charge in [0.2, 0.25) is 0 Å². The summed E-state index contributed by atoms with van der Waals surface area (Å²) >= 11 is 0. The number of rotatable bonds is 4. The lowest BCUT2D eigenvalue weighted by Crippen LogP contribution is -2.09. The molecule has 0 bridgehead atoms. The minimum atomic E-state index is -0.390. The quantitative estimate of drug-likeness (QED) is 0.772. The van der Waals surface area contributed by atoms with Gasteiger partial charge >= 0.3 is 0 Å². The SMILES string of the molecule is Cc1cc(C)c(C(C#N)CC(=O)c2ccccc2)c(C)c1. The van der Waals surface area contributed by atoms with E-state index in [-0.39, 0.29) is 12.2 Å². The third kappa shape index (κ3) is 3.38. The van der Waals surface area contributed by atoms with E-state index in [0.717, 1.165) is 16.7 Å². The third-order valence-corrected chi connectivity index (χ3v) is 3.73. The molecule has 1 unspecified atom stereocenters. The molecule has 2 aromatic carbocycles. The molecule has 0 amide bonds. The molecule has 21 heavy (non-hydrogen) atoms. The van der Waals surface area contributed by atoms with Crippen LogP contribution in [0.25, 0.3) is 0 Å². The molecule has 0 aromatic heterocycles.